The second-order valence-electron chi connectivity index (χ2n) is 5.24. The minimum atomic E-state index is -4.60. The van der Waals surface area contributed by atoms with Gasteiger partial charge >= 0.3 is 6.18 Å². The van der Waals surface area contributed by atoms with Gasteiger partial charge in [0, 0.05) is 13.1 Å². The lowest BCUT2D eigenvalue weighted by Crippen LogP contribution is -2.37. The summed E-state index contributed by atoms with van der Waals surface area (Å²) in [5, 5.41) is -0.177. The Kier molecular flexibility index (Phi) is 5.85. The van der Waals surface area contributed by atoms with Crippen molar-refractivity contribution in [1.29, 1.82) is 0 Å². The maximum absolute atomic E-state index is 12.8. The fourth-order valence-electron chi connectivity index (χ4n) is 2.26. The molecule has 0 saturated carbocycles. The standard InChI is InChI=1S/C15H15F3N5O3S/c1-24-11-10(27-14-19-4-3-9(20-14)15(16,17)18)12(25-2)22-13(21-11)23-5-7-26-8-6-23/h3H,5-8H2,1-2H3. The molecule has 0 atom stereocenters. The van der Waals surface area contributed by atoms with Gasteiger partial charge in [-0.15, -0.1) is 0 Å². The van der Waals surface area contributed by atoms with E-state index in [1.165, 1.54) is 14.2 Å². The summed E-state index contributed by atoms with van der Waals surface area (Å²) in [6.07, 6.45) is -2.40. The van der Waals surface area contributed by atoms with Crippen LogP contribution in [0.25, 0.3) is 0 Å². The van der Waals surface area contributed by atoms with Gasteiger partial charge in [0.1, 0.15) is 10.6 Å². The summed E-state index contributed by atoms with van der Waals surface area (Å²) >= 11 is 0.804. The SMILES string of the molecule is COc1nc(N2CCOCC2)nc(OC)c1Sc1n[c]cc(C(F)(F)F)n1. The zero-order valence-electron chi connectivity index (χ0n) is 14.4. The molecular weight excluding hydrogens is 387 g/mol. The molecule has 8 nitrogen and oxygen atoms in total. The molecule has 145 valence electrons. The van der Waals surface area contributed by atoms with Crippen molar-refractivity contribution >= 4 is 17.7 Å². The third kappa shape index (κ3) is 4.50. The Labute approximate surface area is 157 Å². The van der Waals surface area contributed by atoms with Gasteiger partial charge in [0.15, 0.2) is 5.16 Å². The summed E-state index contributed by atoms with van der Waals surface area (Å²) in [5.74, 6) is 0.677. The molecule has 27 heavy (non-hydrogen) atoms. The molecule has 0 N–H and O–H groups in total. The van der Waals surface area contributed by atoms with Gasteiger partial charge < -0.3 is 19.1 Å². The second-order valence-corrected chi connectivity index (χ2v) is 6.21. The quantitative estimate of drug-likeness (QED) is 0.698. The zero-order valence-corrected chi connectivity index (χ0v) is 15.2. The highest BCUT2D eigenvalue weighted by atomic mass is 32.2. The molecular formula is C15H15F3N5O3S. The van der Waals surface area contributed by atoms with Gasteiger partial charge in [-0.1, -0.05) is 0 Å². The van der Waals surface area contributed by atoms with Crippen LogP contribution < -0.4 is 14.4 Å². The highest BCUT2D eigenvalue weighted by Crippen LogP contribution is 2.40. The number of hydrogen-bond acceptors (Lipinski definition) is 9. The molecule has 0 bridgehead atoms. The lowest BCUT2D eigenvalue weighted by atomic mass is 10.4. The van der Waals surface area contributed by atoms with Crippen molar-refractivity contribution in [2.75, 3.05) is 45.4 Å². The molecule has 0 amide bonds. The number of hydrogen-bond donors (Lipinski definition) is 0. The fraction of sp³-hybridized carbons (Fsp3) is 0.467. The van der Waals surface area contributed by atoms with Crippen molar-refractivity contribution in [3.05, 3.63) is 18.0 Å². The van der Waals surface area contributed by atoms with Crippen LogP contribution in [0, 0.1) is 6.20 Å². The first-order chi connectivity index (χ1) is 12.9. The van der Waals surface area contributed by atoms with Gasteiger partial charge in [-0.25, -0.2) is 9.97 Å². The number of halogens is 3. The van der Waals surface area contributed by atoms with Crippen molar-refractivity contribution in [1.82, 2.24) is 19.9 Å². The van der Waals surface area contributed by atoms with Crippen LogP contribution in [0.1, 0.15) is 5.69 Å². The van der Waals surface area contributed by atoms with Gasteiger partial charge in [-0.2, -0.15) is 23.1 Å². The number of methoxy groups -OCH3 is 2. The zero-order chi connectivity index (χ0) is 19.4. The van der Waals surface area contributed by atoms with Crippen molar-refractivity contribution in [2.24, 2.45) is 0 Å². The van der Waals surface area contributed by atoms with E-state index in [1.54, 1.807) is 0 Å². The predicted molar refractivity (Wildman–Crippen MR) is 88.2 cm³/mol. The molecule has 1 radical (unpaired) electrons. The number of anilines is 1. The molecule has 1 aliphatic rings. The van der Waals surface area contributed by atoms with Crippen LogP contribution in [0.5, 0.6) is 11.8 Å². The molecule has 1 fully saturated rings. The van der Waals surface area contributed by atoms with Crippen molar-refractivity contribution in [3.63, 3.8) is 0 Å². The lowest BCUT2D eigenvalue weighted by molar-refractivity contribution is -0.141. The molecule has 1 aliphatic heterocycles. The van der Waals surface area contributed by atoms with E-state index >= 15 is 0 Å². The molecule has 3 heterocycles. The molecule has 0 aromatic carbocycles. The van der Waals surface area contributed by atoms with Gasteiger partial charge in [-0.3, -0.25) is 0 Å². The topological polar surface area (TPSA) is 82.5 Å². The average molecular weight is 402 g/mol. The van der Waals surface area contributed by atoms with Crippen LogP contribution >= 0.6 is 11.8 Å². The maximum atomic E-state index is 12.8. The van der Waals surface area contributed by atoms with Gasteiger partial charge in [0.05, 0.1) is 33.6 Å². The molecule has 12 heteroatoms. The summed E-state index contributed by atoms with van der Waals surface area (Å²) < 4.78 is 54.4. The van der Waals surface area contributed by atoms with E-state index in [0.717, 1.165) is 11.8 Å². The minimum absolute atomic E-state index is 0.148. The fourth-order valence-corrected chi connectivity index (χ4v) is 3.12. The molecule has 1 saturated heterocycles. The Hall–Kier alpha value is -2.34. The number of aromatic nitrogens is 4. The van der Waals surface area contributed by atoms with Crippen LogP contribution in [0.2, 0.25) is 0 Å². The van der Waals surface area contributed by atoms with E-state index < -0.39 is 11.9 Å². The van der Waals surface area contributed by atoms with Gasteiger partial charge in [0.25, 0.3) is 0 Å². The maximum Gasteiger partial charge on any atom is 0.433 e. The third-order valence-corrected chi connectivity index (χ3v) is 4.45. The van der Waals surface area contributed by atoms with Crippen LogP contribution in [-0.4, -0.2) is 60.5 Å². The van der Waals surface area contributed by atoms with E-state index in [1.807, 2.05) is 4.90 Å². The number of morpholine rings is 1. The van der Waals surface area contributed by atoms with E-state index in [4.69, 9.17) is 14.2 Å². The Bertz CT molecular complexity index is 778. The number of rotatable bonds is 5. The summed E-state index contributed by atoms with van der Waals surface area (Å²) in [6.45, 7) is 2.28. The van der Waals surface area contributed by atoms with E-state index in [0.29, 0.717) is 38.3 Å². The van der Waals surface area contributed by atoms with Crippen LogP contribution in [-0.2, 0) is 10.9 Å². The van der Waals surface area contributed by atoms with E-state index in [-0.39, 0.29) is 21.8 Å². The molecule has 2 aromatic rings. The first kappa shape index (κ1) is 19.4. The number of nitrogens with zero attached hydrogens (tertiary/aromatic N) is 5. The van der Waals surface area contributed by atoms with Crippen molar-refractivity contribution < 1.29 is 27.4 Å². The Balaban J connectivity index is 1.95. The largest absolute Gasteiger partial charge is 0.480 e. The van der Waals surface area contributed by atoms with Crippen LogP contribution in [0.3, 0.4) is 0 Å². The first-order valence-electron chi connectivity index (χ1n) is 7.75. The summed E-state index contributed by atoms with van der Waals surface area (Å²) in [6, 6.07) is 0.677. The predicted octanol–water partition coefficient (Wildman–Crippen LogP) is 2.09. The number of ether oxygens (including phenoxy) is 3. The lowest BCUT2D eigenvalue weighted by Gasteiger charge is -2.27. The summed E-state index contributed by atoms with van der Waals surface area (Å²) in [4.78, 5) is 18.1. The van der Waals surface area contributed by atoms with Crippen molar-refractivity contribution in [2.45, 2.75) is 16.2 Å². The molecule has 2 aromatic heterocycles. The summed E-state index contributed by atoms with van der Waals surface area (Å²) in [7, 11) is 2.79. The Morgan fingerprint density at radius 3 is 2.30 bits per heavy atom. The van der Waals surface area contributed by atoms with Crippen molar-refractivity contribution in [3.8, 4) is 11.8 Å². The Morgan fingerprint density at radius 1 is 1.11 bits per heavy atom. The van der Waals surface area contributed by atoms with E-state index in [9.17, 15) is 13.2 Å². The average Bonchev–Trinajstić information content (AvgIpc) is 2.68. The smallest absolute Gasteiger partial charge is 0.433 e. The highest BCUT2D eigenvalue weighted by molar-refractivity contribution is 7.99. The first-order valence-corrected chi connectivity index (χ1v) is 8.57. The third-order valence-electron chi connectivity index (χ3n) is 3.53. The highest BCUT2D eigenvalue weighted by Gasteiger charge is 2.33. The molecule has 0 spiro atoms. The van der Waals surface area contributed by atoms with Crippen LogP contribution in [0.15, 0.2) is 16.1 Å². The van der Waals surface area contributed by atoms with Gasteiger partial charge in [0.2, 0.25) is 17.7 Å². The molecule has 3 rings (SSSR count). The molecule has 0 unspecified atom stereocenters. The molecule has 0 aliphatic carbocycles. The van der Waals surface area contributed by atoms with Gasteiger partial charge in [-0.05, 0) is 17.8 Å². The van der Waals surface area contributed by atoms with E-state index in [2.05, 4.69) is 26.1 Å². The monoisotopic (exact) mass is 402 g/mol. The van der Waals surface area contributed by atoms with Crippen LogP contribution in [0.4, 0.5) is 19.1 Å². The normalized spacial score (nSPS) is 14.9. The second kappa shape index (κ2) is 8.13. The Morgan fingerprint density at radius 2 is 1.74 bits per heavy atom. The minimum Gasteiger partial charge on any atom is -0.480 e. The summed E-state index contributed by atoms with van der Waals surface area (Å²) in [5.41, 5.74) is -1.09. The number of alkyl halides is 3.